The van der Waals surface area contributed by atoms with E-state index in [2.05, 4.69) is 9.97 Å². The maximum absolute atomic E-state index is 14.4. The van der Waals surface area contributed by atoms with E-state index in [1.807, 2.05) is 0 Å². The second kappa shape index (κ2) is 12.5. The van der Waals surface area contributed by atoms with Crippen molar-refractivity contribution in [3.8, 4) is 57.7 Å². The summed E-state index contributed by atoms with van der Waals surface area (Å²) in [5, 5.41) is 38.4. The van der Waals surface area contributed by atoms with Crippen molar-refractivity contribution in [2.45, 2.75) is 30.4 Å². The Kier molecular flexibility index (Phi) is 8.40. The Morgan fingerprint density at radius 1 is 0.519 bits per heavy atom. The summed E-state index contributed by atoms with van der Waals surface area (Å²) in [7, 11) is 0. The van der Waals surface area contributed by atoms with Gasteiger partial charge in [0, 0.05) is 0 Å². The smallest absolute Gasteiger partial charge is 0.417 e. The molecule has 0 aliphatic rings. The zero-order valence-electron chi connectivity index (χ0n) is 25.4. The van der Waals surface area contributed by atoms with E-state index in [1.54, 1.807) is 24.3 Å². The molecule has 0 unspecified atom stereocenters. The van der Waals surface area contributed by atoms with E-state index in [4.69, 9.17) is 8.83 Å². The molecule has 52 heavy (non-hydrogen) atoms. The number of hydrogen-bond acceptors (Lipinski definition) is 8. The molecule has 4 aromatic carbocycles. The van der Waals surface area contributed by atoms with Gasteiger partial charge in [0.15, 0.2) is 11.2 Å². The molecule has 0 spiro atoms. The van der Waals surface area contributed by atoms with Crippen LogP contribution in [0.5, 0.6) is 0 Å². The van der Waals surface area contributed by atoms with Crippen molar-refractivity contribution in [2.24, 2.45) is 0 Å². The molecule has 0 saturated heterocycles. The third kappa shape index (κ3) is 5.99. The van der Waals surface area contributed by atoms with E-state index in [9.17, 15) is 60.6 Å². The molecular weight excluding hydrogens is 707 g/mol. The molecule has 0 aliphatic carbocycles. The Balaban J connectivity index is 1.83. The molecular formula is C35H13F9N6O2. The minimum Gasteiger partial charge on any atom is -0.437 e. The zero-order chi connectivity index (χ0) is 37.7. The number of halogens is 9. The highest BCUT2D eigenvalue weighted by atomic mass is 19.4. The number of aromatic nitrogens is 2. The first-order chi connectivity index (χ1) is 24.5. The van der Waals surface area contributed by atoms with Crippen LogP contribution in [0.4, 0.5) is 39.5 Å². The van der Waals surface area contributed by atoms with Gasteiger partial charge >= 0.3 is 18.5 Å². The second-order valence-corrected chi connectivity index (χ2v) is 11.0. The number of oxazole rings is 2. The molecule has 0 radical (unpaired) electrons. The molecule has 0 saturated carbocycles. The van der Waals surface area contributed by atoms with Gasteiger partial charge in [0.25, 0.3) is 0 Å². The Hall–Kier alpha value is -6.85. The van der Waals surface area contributed by atoms with Gasteiger partial charge in [0.1, 0.15) is 11.0 Å². The first-order valence-electron chi connectivity index (χ1n) is 14.4. The lowest BCUT2D eigenvalue weighted by atomic mass is 9.89. The fourth-order valence-corrected chi connectivity index (χ4v) is 5.60. The first kappa shape index (κ1) is 35.0. The lowest BCUT2D eigenvalue weighted by molar-refractivity contribution is -0.143. The van der Waals surface area contributed by atoms with Crippen molar-refractivity contribution in [3.05, 3.63) is 95.2 Å². The van der Waals surface area contributed by atoms with Gasteiger partial charge in [-0.25, -0.2) is 9.97 Å². The summed E-state index contributed by atoms with van der Waals surface area (Å²) < 4.78 is 138. The van der Waals surface area contributed by atoms with Gasteiger partial charge in [0.05, 0.1) is 52.1 Å². The molecule has 17 heteroatoms. The minimum absolute atomic E-state index is 0.0735. The summed E-state index contributed by atoms with van der Waals surface area (Å²) in [4.78, 5) is 8.42. The standard InChI is InChI=1S/C35H13F9N6O2/c36-33(37,38)19-9-16(10-20(11-19)34(39,40)41)21-5-1-2-6-22(21)25-27-30(52-31(49-27)17(12-45)13-46)26(23-7-3-4-8-24(23)35(42,43)44)28-29(25)51-32(50-28)18(14-47)15-48/h1-11,17-18H. The molecule has 258 valence electrons. The van der Waals surface area contributed by atoms with Crippen LogP contribution < -0.4 is 0 Å². The van der Waals surface area contributed by atoms with Crippen LogP contribution in [0.3, 0.4) is 0 Å². The van der Waals surface area contributed by atoms with Crippen LogP contribution in [0, 0.1) is 45.3 Å². The number of nitriles is 4. The molecule has 0 amide bonds. The molecule has 2 heterocycles. The number of benzene rings is 4. The number of fused-ring (bicyclic) bond motifs is 2. The highest BCUT2D eigenvalue weighted by Crippen LogP contribution is 2.50. The van der Waals surface area contributed by atoms with Crippen LogP contribution in [0.25, 0.3) is 55.6 Å². The zero-order valence-corrected chi connectivity index (χ0v) is 25.4. The monoisotopic (exact) mass is 720 g/mol. The van der Waals surface area contributed by atoms with E-state index in [0.29, 0.717) is 12.1 Å². The topological polar surface area (TPSA) is 147 Å². The van der Waals surface area contributed by atoms with Gasteiger partial charge in [0.2, 0.25) is 23.6 Å². The molecule has 0 N–H and O–H groups in total. The molecule has 8 nitrogen and oxygen atoms in total. The van der Waals surface area contributed by atoms with E-state index in [1.165, 1.54) is 24.3 Å². The highest BCUT2D eigenvalue weighted by molar-refractivity contribution is 6.17. The summed E-state index contributed by atoms with van der Waals surface area (Å²) in [6.07, 6.45) is -15.5. The first-order valence-corrected chi connectivity index (χ1v) is 14.4. The van der Waals surface area contributed by atoms with E-state index in [-0.39, 0.29) is 22.8 Å². The predicted octanol–water partition coefficient (Wildman–Crippen LogP) is 10.3. The lowest BCUT2D eigenvalue weighted by Gasteiger charge is -2.17. The maximum Gasteiger partial charge on any atom is 0.417 e. The van der Waals surface area contributed by atoms with Gasteiger partial charge in [-0.05, 0) is 46.5 Å². The molecule has 0 atom stereocenters. The van der Waals surface area contributed by atoms with Gasteiger partial charge in [-0.2, -0.15) is 60.6 Å². The van der Waals surface area contributed by atoms with E-state index >= 15 is 0 Å². The van der Waals surface area contributed by atoms with Crippen LogP contribution in [-0.2, 0) is 18.5 Å². The Bertz CT molecular complexity index is 2420. The molecule has 0 bridgehead atoms. The number of hydrogen-bond donors (Lipinski definition) is 0. The number of rotatable bonds is 5. The molecule has 0 fully saturated rings. The van der Waals surface area contributed by atoms with Gasteiger partial charge in [-0.3, -0.25) is 0 Å². The number of alkyl halides is 9. The van der Waals surface area contributed by atoms with Gasteiger partial charge in [-0.1, -0.05) is 42.5 Å². The SMILES string of the molecule is N#CC(C#N)c1nc2c(-c3ccccc3C(F)(F)F)c3oc(C(C#N)C#N)nc3c(-c3ccccc3-c3cc(C(F)(F)F)cc(C(F)(F)F)c3)c2o1. The normalized spacial score (nSPS) is 12.2. The van der Waals surface area contributed by atoms with E-state index < -0.39 is 97.7 Å². The summed E-state index contributed by atoms with van der Waals surface area (Å²) in [6, 6.07) is 16.4. The van der Waals surface area contributed by atoms with Gasteiger partial charge < -0.3 is 8.83 Å². The summed E-state index contributed by atoms with van der Waals surface area (Å²) in [6.45, 7) is 0. The average molecular weight is 721 g/mol. The maximum atomic E-state index is 14.4. The number of nitrogens with zero attached hydrogens (tertiary/aromatic N) is 6. The predicted molar refractivity (Wildman–Crippen MR) is 161 cm³/mol. The molecule has 2 aromatic heterocycles. The summed E-state index contributed by atoms with van der Waals surface area (Å²) in [5.74, 6) is -4.73. The van der Waals surface area contributed by atoms with Crippen LogP contribution in [0.15, 0.2) is 75.6 Å². The molecule has 6 aromatic rings. The van der Waals surface area contributed by atoms with Crippen molar-refractivity contribution in [3.63, 3.8) is 0 Å². The quantitative estimate of drug-likeness (QED) is 0.160. The summed E-state index contributed by atoms with van der Waals surface area (Å²) >= 11 is 0. The third-order valence-corrected chi connectivity index (χ3v) is 7.82. The highest BCUT2D eigenvalue weighted by Gasteiger charge is 2.39. The van der Waals surface area contributed by atoms with Crippen LogP contribution in [0.1, 0.15) is 40.3 Å². The minimum atomic E-state index is -5.23. The van der Waals surface area contributed by atoms with Gasteiger partial charge in [-0.15, -0.1) is 0 Å². The van der Waals surface area contributed by atoms with Crippen molar-refractivity contribution in [1.82, 2.24) is 9.97 Å². The Morgan fingerprint density at radius 3 is 1.35 bits per heavy atom. The van der Waals surface area contributed by atoms with Crippen LogP contribution in [-0.4, -0.2) is 9.97 Å². The third-order valence-electron chi connectivity index (χ3n) is 7.82. The van der Waals surface area contributed by atoms with Crippen LogP contribution in [0.2, 0.25) is 0 Å². The largest absolute Gasteiger partial charge is 0.437 e. The molecule has 6 rings (SSSR count). The van der Waals surface area contributed by atoms with Crippen molar-refractivity contribution < 1.29 is 48.3 Å². The average Bonchev–Trinajstić information content (AvgIpc) is 3.72. The summed E-state index contributed by atoms with van der Waals surface area (Å²) in [5.41, 5.74) is -8.96. The fraction of sp³-hybridized carbons (Fsp3) is 0.143. The van der Waals surface area contributed by atoms with Crippen LogP contribution >= 0.6 is 0 Å². The van der Waals surface area contributed by atoms with Crippen molar-refractivity contribution in [2.75, 3.05) is 0 Å². The fourth-order valence-electron chi connectivity index (χ4n) is 5.60. The Morgan fingerprint density at radius 2 is 0.923 bits per heavy atom. The Labute approximate surface area is 284 Å². The lowest BCUT2D eigenvalue weighted by Crippen LogP contribution is -2.11. The van der Waals surface area contributed by atoms with Crippen molar-refractivity contribution >= 4 is 22.2 Å². The van der Waals surface area contributed by atoms with Crippen molar-refractivity contribution in [1.29, 1.82) is 21.0 Å². The molecule has 0 aliphatic heterocycles. The second-order valence-electron chi connectivity index (χ2n) is 11.0. The van der Waals surface area contributed by atoms with E-state index in [0.717, 1.165) is 24.3 Å².